The molecule has 0 aliphatic rings. The fourth-order valence-electron chi connectivity index (χ4n) is 8.53. The third-order valence-corrected chi connectivity index (χ3v) is 14.1. The molecule has 10 heteroatoms. The summed E-state index contributed by atoms with van der Waals surface area (Å²) in [6, 6.07) is 0. The highest BCUT2D eigenvalue weighted by molar-refractivity contribution is 7.47. The van der Waals surface area contributed by atoms with Gasteiger partial charge in [0.15, 0.2) is 6.10 Å². The van der Waals surface area contributed by atoms with Gasteiger partial charge in [0.05, 0.1) is 13.2 Å². The van der Waals surface area contributed by atoms with Crippen molar-refractivity contribution in [2.24, 2.45) is 5.73 Å². The van der Waals surface area contributed by atoms with Crippen LogP contribution in [0.15, 0.2) is 109 Å². The number of allylic oxidation sites excluding steroid dienone is 18. The Balaban J connectivity index is 3.99. The third-order valence-electron chi connectivity index (χ3n) is 13.1. The largest absolute Gasteiger partial charge is 0.472 e. The van der Waals surface area contributed by atoms with Crippen molar-refractivity contribution >= 4 is 19.8 Å². The number of carbonyl (C=O) groups is 2. The lowest BCUT2D eigenvalue weighted by Crippen LogP contribution is -2.29. The minimum Gasteiger partial charge on any atom is -0.462 e. The Hall–Kier alpha value is -3.33. The quantitative estimate of drug-likeness (QED) is 0.0264. The van der Waals surface area contributed by atoms with E-state index in [4.69, 9.17) is 24.3 Å². The van der Waals surface area contributed by atoms with Crippen molar-refractivity contribution < 1.29 is 37.6 Å². The van der Waals surface area contributed by atoms with Crippen molar-refractivity contribution in [2.75, 3.05) is 26.4 Å². The summed E-state index contributed by atoms with van der Waals surface area (Å²) in [5.41, 5.74) is 5.39. The van der Waals surface area contributed by atoms with Crippen molar-refractivity contribution in [3.8, 4) is 0 Å². The van der Waals surface area contributed by atoms with Crippen molar-refractivity contribution in [1.29, 1.82) is 0 Å². The average Bonchev–Trinajstić information content (AvgIpc) is 3.42. The van der Waals surface area contributed by atoms with Gasteiger partial charge in [0.2, 0.25) is 0 Å². The summed E-state index contributed by atoms with van der Waals surface area (Å²) in [4.78, 5) is 35.3. The highest BCUT2D eigenvalue weighted by Gasteiger charge is 2.26. The molecule has 9 nitrogen and oxygen atoms in total. The van der Waals surface area contributed by atoms with E-state index in [0.29, 0.717) is 6.42 Å². The Morgan fingerprint density at radius 1 is 0.403 bits per heavy atom. The smallest absolute Gasteiger partial charge is 0.462 e. The molecule has 3 N–H and O–H groups in total. The minimum atomic E-state index is -4.40. The Morgan fingerprint density at radius 2 is 0.714 bits per heavy atom. The molecule has 0 bridgehead atoms. The van der Waals surface area contributed by atoms with Crippen LogP contribution in [0, 0.1) is 0 Å². The van der Waals surface area contributed by atoms with E-state index in [1.165, 1.54) is 135 Å². The SMILES string of the molecule is CC/C=C\C/C=C\C/C=C\C/C=C\C/C=C\C/C=C\C/C=C\CCCCCCCC(=O)OC(COC(=O)CCCCCCCCCCCCCCCCCCC/C=C\C/C=C\CCCCCCC)COP(=O)(O)OCCN. The number of nitrogens with two attached hydrogens (primary N) is 1. The van der Waals surface area contributed by atoms with Crippen molar-refractivity contribution in [3.05, 3.63) is 109 Å². The molecular weight excluding hydrogens is 978 g/mol. The summed E-state index contributed by atoms with van der Waals surface area (Å²) in [5.74, 6) is -0.849. The number of phosphoric ester groups is 1. The number of phosphoric acid groups is 1. The van der Waals surface area contributed by atoms with Gasteiger partial charge in [-0.25, -0.2) is 4.57 Å². The maximum Gasteiger partial charge on any atom is 0.472 e. The lowest BCUT2D eigenvalue weighted by Gasteiger charge is -2.19. The normalized spacial score (nSPS) is 13.8. The Kier molecular flexibility index (Phi) is 59.2. The molecule has 77 heavy (non-hydrogen) atoms. The number of esters is 2. The first-order chi connectivity index (χ1) is 37.8. The second-order valence-corrected chi connectivity index (χ2v) is 22.0. The average molecular weight is 1090 g/mol. The zero-order valence-electron chi connectivity index (χ0n) is 49.4. The fraction of sp³-hybridized carbons (Fsp3) is 0.701. The van der Waals surface area contributed by atoms with Gasteiger partial charge in [-0.05, 0) is 103 Å². The summed E-state index contributed by atoms with van der Waals surface area (Å²) in [6.45, 7) is 3.61. The van der Waals surface area contributed by atoms with Crippen molar-refractivity contribution in [3.63, 3.8) is 0 Å². The zero-order chi connectivity index (χ0) is 55.9. The molecule has 0 aromatic rings. The van der Waals surface area contributed by atoms with E-state index in [1.54, 1.807) is 0 Å². The molecule has 0 amide bonds. The predicted octanol–water partition coefficient (Wildman–Crippen LogP) is 20.2. The molecule has 0 radical (unpaired) electrons. The zero-order valence-corrected chi connectivity index (χ0v) is 50.3. The van der Waals surface area contributed by atoms with Gasteiger partial charge in [0.25, 0.3) is 0 Å². The molecular formula is C67H116NO8P. The Bertz CT molecular complexity index is 1630. The second kappa shape index (κ2) is 61.9. The van der Waals surface area contributed by atoms with Crippen LogP contribution in [-0.4, -0.2) is 49.3 Å². The van der Waals surface area contributed by atoms with Gasteiger partial charge in [0, 0.05) is 19.4 Å². The monoisotopic (exact) mass is 1090 g/mol. The number of hydrogen-bond donors (Lipinski definition) is 2. The van der Waals surface area contributed by atoms with Gasteiger partial charge in [-0.2, -0.15) is 0 Å². The molecule has 442 valence electrons. The van der Waals surface area contributed by atoms with E-state index < -0.39 is 26.5 Å². The van der Waals surface area contributed by atoms with Gasteiger partial charge >= 0.3 is 19.8 Å². The van der Waals surface area contributed by atoms with Crippen LogP contribution >= 0.6 is 7.82 Å². The van der Waals surface area contributed by atoms with Crippen LogP contribution in [0.5, 0.6) is 0 Å². The van der Waals surface area contributed by atoms with Crippen LogP contribution in [0.1, 0.15) is 271 Å². The summed E-state index contributed by atoms with van der Waals surface area (Å²) >= 11 is 0. The molecule has 0 aromatic heterocycles. The summed E-state index contributed by atoms with van der Waals surface area (Å²) in [5, 5.41) is 0. The number of unbranched alkanes of at least 4 members (excludes halogenated alkanes) is 27. The lowest BCUT2D eigenvalue weighted by molar-refractivity contribution is -0.161. The number of hydrogen-bond acceptors (Lipinski definition) is 8. The molecule has 0 fully saturated rings. The van der Waals surface area contributed by atoms with Crippen molar-refractivity contribution in [1.82, 2.24) is 0 Å². The molecule has 0 saturated carbocycles. The first kappa shape index (κ1) is 73.7. The topological polar surface area (TPSA) is 134 Å². The molecule has 2 unspecified atom stereocenters. The molecule has 0 rings (SSSR count). The molecule has 0 aromatic carbocycles. The minimum absolute atomic E-state index is 0.0451. The number of ether oxygens (including phenoxy) is 2. The first-order valence-electron chi connectivity index (χ1n) is 31.4. The molecule has 2 atom stereocenters. The van der Waals surface area contributed by atoms with Gasteiger partial charge in [0.1, 0.15) is 6.61 Å². The van der Waals surface area contributed by atoms with Crippen molar-refractivity contribution in [2.45, 2.75) is 277 Å². The molecule has 0 aliphatic heterocycles. The number of carbonyl (C=O) groups excluding carboxylic acids is 2. The van der Waals surface area contributed by atoms with Crippen LogP contribution in [0.3, 0.4) is 0 Å². The molecule has 0 heterocycles. The Morgan fingerprint density at radius 3 is 1.06 bits per heavy atom. The maximum atomic E-state index is 12.7. The lowest BCUT2D eigenvalue weighted by atomic mass is 10.0. The van der Waals surface area contributed by atoms with Crippen LogP contribution in [-0.2, 0) is 32.7 Å². The summed E-state index contributed by atoms with van der Waals surface area (Å²) < 4.78 is 33.1. The Labute approximate surface area is 473 Å². The van der Waals surface area contributed by atoms with Gasteiger partial charge in [-0.15, -0.1) is 0 Å². The summed E-state index contributed by atoms with van der Waals surface area (Å²) in [6.07, 6.45) is 84.4. The van der Waals surface area contributed by atoms with E-state index in [1.807, 2.05) is 0 Å². The van der Waals surface area contributed by atoms with Crippen LogP contribution in [0.25, 0.3) is 0 Å². The van der Waals surface area contributed by atoms with Gasteiger partial charge < -0.3 is 20.1 Å². The van der Waals surface area contributed by atoms with Gasteiger partial charge in [-0.1, -0.05) is 264 Å². The maximum absolute atomic E-state index is 12.7. The van der Waals surface area contributed by atoms with E-state index in [-0.39, 0.29) is 38.6 Å². The van der Waals surface area contributed by atoms with Gasteiger partial charge in [-0.3, -0.25) is 18.6 Å². The molecule has 0 aliphatic carbocycles. The van der Waals surface area contributed by atoms with E-state index in [2.05, 4.69) is 123 Å². The standard InChI is InChI=1S/C67H116NO8P/c1-3-5-7-9-11-13-15-17-19-21-23-25-27-29-31-32-34-35-37-39-41-43-45-47-49-51-53-55-57-59-66(69)73-63-65(64-75-77(71,72)74-62-61-68)76-67(70)60-58-56-54-52-50-48-46-44-42-40-38-36-33-30-28-26-24-22-20-18-16-14-12-10-8-6-4-2/h6,8,12,14-15,17-18,20-21,23-24,26,30,33,38,40,44,46,65H,3-5,7,9-11,13,16,19,22,25,27-29,31-32,34-37,39,41-43,45,47-64,68H2,1-2H3,(H,71,72)/b8-6-,14-12-,17-15-,20-18-,23-21-,26-24-,33-30-,40-38-,46-44-. The highest BCUT2D eigenvalue weighted by Crippen LogP contribution is 2.43. The molecule has 0 saturated heterocycles. The van der Waals surface area contributed by atoms with Crippen LogP contribution in [0.2, 0.25) is 0 Å². The summed E-state index contributed by atoms with van der Waals surface area (Å²) in [7, 11) is -4.40. The number of rotatable bonds is 58. The first-order valence-corrected chi connectivity index (χ1v) is 32.9. The fourth-order valence-corrected chi connectivity index (χ4v) is 9.30. The highest BCUT2D eigenvalue weighted by atomic mass is 31.2. The van der Waals surface area contributed by atoms with E-state index in [0.717, 1.165) is 103 Å². The second-order valence-electron chi connectivity index (χ2n) is 20.5. The van der Waals surface area contributed by atoms with Crippen LogP contribution in [0.4, 0.5) is 0 Å². The van der Waals surface area contributed by atoms with Crippen LogP contribution < -0.4 is 5.73 Å². The molecule has 0 spiro atoms. The predicted molar refractivity (Wildman–Crippen MR) is 330 cm³/mol. The van der Waals surface area contributed by atoms with E-state index in [9.17, 15) is 19.0 Å². The third kappa shape index (κ3) is 61.7. The van der Waals surface area contributed by atoms with E-state index >= 15 is 0 Å².